The van der Waals surface area contributed by atoms with Crippen LogP contribution in [-0.2, 0) is 0 Å². The minimum Gasteiger partial charge on any atom is -0.350 e. The van der Waals surface area contributed by atoms with Crippen molar-refractivity contribution in [3.63, 3.8) is 0 Å². The Morgan fingerprint density at radius 2 is 1.63 bits per heavy atom. The lowest BCUT2D eigenvalue weighted by Gasteiger charge is -2.27. The van der Waals surface area contributed by atoms with E-state index in [2.05, 4.69) is 10.6 Å². The van der Waals surface area contributed by atoms with Gasteiger partial charge in [0.15, 0.2) is 0 Å². The van der Waals surface area contributed by atoms with E-state index < -0.39 is 17.3 Å². The molecule has 4 N–H and O–H groups in total. The molecule has 0 heterocycles. The summed E-state index contributed by atoms with van der Waals surface area (Å²) in [6.45, 7) is 6.05. The summed E-state index contributed by atoms with van der Waals surface area (Å²) >= 11 is 0. The number of aryl methyl sites for hydroxylation is 1. The van der Waals surface area contributed by atoms with Crippen molar-refractivity contribution in [2.75, 3.05) is 11.9 Å². The fourth-order valence-corrected chi connectivity index (χ4v) is 2.70. The predicted octanol–water partition coefficient (Wildman–Crippen LogP) is 3.63. The van der Waals surface area contributed by atoms with E-state index in [-0.39, 0.29) is 11.5 Å². The molecule has 0 bridgehead atoms. The number of benzene rings is 2. The van der Waals surface area contributed by atoms with E-state index in [9.17, 15) is 14.0 Å². The van der Waals surface area contributed by atoms with Crippen LogP contribution in [0.1, 0.15) is 53.0 Å². The fourth-order valence-electron chi connectivity index (χ4n) is 2.70. The Labute approximate surface area is 159 Å². The number of hydrogen-bond donors (Lipinski definition) is 3. The third-order valence-corrected chi connectivity index (χ3v) is 4.88. The summed E-state index contributed by atoms with van der Waals surface area (Å²) in [4.78, 5) is 25.2. The molecule has 2 aromatic carbocycles. The van der Waals surface area contributed by atoms with E-state index in [1.807, 2.05) is 13.8 Å². The van der Waals surface area contributed by atoms with Gasteiger partial charge in [0.05, 0.1) is 16.8 Å². The smallest absolute Gasteiger partial charge is 0.258 e. The molecule has 5 nitrogen and oxygen atoms in total. The molecular formula is C21H26FN3O2. The molecule has 0 aromatic heterocycles. The Balaban J connectivity index is 2.24. The van der Waals surface area contributed by atoms with Gasteiger partial charge in [0.2, 0.25) is 0 Å². The molecule has 2 amide bonds. The largest absolute Gasteiger partial charge is 0.350 e. The zero-order chi connectivity index (χ0) is 20.0. The maximum Gasteiger partial charge on any atom is 0.258 e. The Bertz CT molecular complexity index is 832. The normalized spacial score (nSPS) is 11.1. The maximum atomic E-state index is 13.9. The van der Waals surface area contributed by atoms with E-state index in [4.69, 9.17) is 5.73 Å². The quantitative estimate of drug-likeness (QED) is 0.695. The van der Waals surface area contributed by atoms with Crippen molar-refractivity contribution in [2.24, 2.45) is 5.73 Å². The van der Waals surface area contributed by atoms with Crippen LogP contribution < -0.4 is 16.4 Å². The molecule has 0 radical (unpaired) electrons. The first-order valence-electron chi connectivity index (χ1n) is 9.04. The highest BCUT2D eigenvalue weighted by Gasteiger charge is 2.23. The van der Waals surface area contributed by atoms with Gasteiger partial charge in [0, 0.05) is 12.1 Å². The summed E-state index contributed by atoms with van der Waals surface area (Å²) in [6.07, 6.45) is 1.46. The lowest BCUT2D eigenvalue weighted by atomic mass is 9.94. The number of hydrogen-bond acceptors (Lipinski definition) is 3. The standard InChI is InChI=1S/C21H26FN3O2/c1-4-21(23,5-2)13-24-19(26)16-11-8-9-14(3)18(16)25-20(27)15-10-6-7-12-17(15)22/h6-12H,4-5,13,23H2,1-3H3,(H,24,26)(H,25,27). The summed E-state index contributed by atoms with van der Waals surface area (Å²) in [5.41, 5.74) is 7.06. The van der Waals surface area contributed by atoms with E-state index in [1.54, 1.807) is 31.2 Å². The van der Waals surface area contributed by atoms with Gasteiger partial charge in [-0.2, -0.15) is 0 Å². The van der Waals surface area contributed by atoms with Gasteiger partial charge in [0.25, 0.3) is 11.8 Å². The molecule has 27 heavy (non-hydrogen) atoms. The number of carbonyl (C=O) groups is 2. The molecule has 2 rings (SSSR count). The summed E-state index contributed by atoms with van der Waals surface area (Å²) in [5.74, 6) is -1.56. The highest BCUT2D eigenvalue weighted by Crippen LogP contribution is 2.22. The van der Waals surface area contributed by atoms with Crippen LogP contribution in [0.3, 0.4) is 0 Å². The van der Waals surface area contributed by atoms with Crippen molar-refractivity contribution < 1.29 is 14.0 Å². The molecule has 0 aliphatic carbocycles. The first-order valence-corrected chi connectivity index (χ1v) is 9.04. The molecule has 0 atom stereocenters. The Kier molecular flexibility index (Phi) is 6.69. The molecule has 0 saturated heterocycles. The van der Waals surface area contributed by atoms with E-state index in [0.29, 0.717) is 23.4 Å². The van der Waals surface area contributed by atoms with Gasteiger partial charge in [-0.25, -0.2) is 4.39 Å². The number of halogens is 1. The number of anilines is 1. The van der Waals surface area contributed by atoms with E-state index in [0.717, 1.165) is 12.8 Å². The summed E-state index contributed by atoms with van der Waals surface area (Å²) in [5, 5.41) is 5.52. The van der Waals surface area contributed by atoms with Crippen LogP contribution in [0.2, 0.25) is 0 Å². The van der Waals surface area contributed by atoms with Crippen LogP contribution in [0.4, 0.5) is 10.1 Å². The second-order valence-corrected chi connectivity index (χ2v) is 6.68. The number of para-hydroxylation sites is 1. The zero-order valence-corrected chi connectivity index (χ0v) is 15.9. The Morgan fingerprint density at radius 1 is 1.00 bits per heavy atom. The first-order chi connectivity index (χ1) is 12.8. The molecule has 144 valence electrons. The van der Waals surface area contributed by atoms with Crippen molar-refractivity contribution in [3.8, 4) is 0 Å². The van der Waals surface area contributed by atoms with Crippen LogP contribution >= 0.6 is 0 Å². The second-order valence-electron chi connectivity index (χ2n) is 6.68. The number of carbonyl (C=O) groups excluding carboxylic acids is 2. The van der Waals surface area contributed by atoms with Crippen LogP contribution in [0.5, 0.6) is 0 Å². The second kappa shape index (κ2) is 8.77. The summed E-state index contributed by atoms with van der Waals surface area (Å²) < 4.78 is 13.9. The third-order valence-electron chi connectivity index (χ3n) is 4.88. The molecule has 6 heteroatoms. The van der Waals surface area contributed by atoms with E-state index >= 15 is 0 Å². The zero-order valence-electron chi connectivity index (χ0n) is 15.9. The molecular weight excluding hydrogens is 345 g/mol. The SMILES string of the molecule is CCC(N)(CC)CNC(=O)c1cccc(C)c1NC(=O)c1ccccc1F. The van der Waals surface area contributed by atoms with Gasteiger partial charge in [0.1, 0.15) is 5.82 Å². The van der Waals surface area contributed by atoms with Gasteiger partial charge in [-0.05, 0) is 43.5 Å². The van der Waals surface area contributed by atoms with E-state index in [1.165, 1.54) is 18.2 Å². The van der Waals surface area contributed by atoms with Crippen LogP contribution in [0.25, 0.3) is 0 Å². The van der Waals surface area contributed by atoms with Gasteiger partial charge >= 0.3 is 0 Å². The van der Waals surface area contributed by atoms with Gasteiger partial charge in [-0.3, -0.25) is 9.59 Å². The topological polar surface area (TPSA) is 84.2 Å². The molecule has 0 fully saturated rings. The molecule has 0 saturated carbocycles. The van der Waals surface area contributed by atoms with Gasteiger partial charge in [-0.1, -0.05) is 38.1 Å². The first kappa shape index (κ1) is 20.6. The molecule has 0 spiro atoms. The maximum absolute atomic E-state index is 13.9. The molecule has 2 aromatic rings. The Hall–Kier alpha value is -2.73. The van der Waals surface area contributed by atoms with Crippen LogP contribution in [0.15, 0.2) is 42.5 Å². The number of nitrogens with one attached hydrogen (secondary N) is 2. The summed E-state index contributed by atoms with van der Waals surface area (Å²) in [7, 11) is 0. The molecule has 0 aliphatic rings. The third kappa shape index (κ3) is 4.92. The number of rotatable bonds is 7. The van der Waals surface area contributed by atoms with Crippen molar-refractivity contribution in [2.45, 2.75) is 39.2 Å². The molecule has 0 unspecified atom stereocenters. The highest BCUT2D eigenvalue weighted by molar-refractivity contribution is 6.09. The lowest BCUT2D eigenvalue weighted by molar-refractivity contribution is 0.0943. The minimum atomic E-state index is -0.617. The van der Waals surface area contributed by atoms with Crippen LogP contribution in [0, 0.1) is 12.7 Å². The highest BCUT2D eigenvalue weighted by atomic mass is 19.1. The number of amides is 2. The van der Waals surface area contributed by atoms with Crippen molar-refractivity contribution >= 4 is 17.5 Å². The average molecular weight is 371 g/mol. The van der Waals surface area contributed by atoms with Gasteiger partial charge < -0.3 is 16.4 Å². The van der Waals surface area contributed by atoms with Gasteiger partial charge in [-0.15, -0.1) is 0 Å². The Morgan fingerprint density at radius 3 is 2.26 bits per heavy atom. The summed E-state index contributed by atoms with van der Waals surface area (Å²) in [6, 6.07) is 10.8. The van der Waals surface area contributed by atoms with Crippen molar-refractivity contribution in [1.82, 2.24) is 5.32 Å². The molecule has 0 aliphatic heterocycles. The lowest BCUT2D eigenvalue weighted by Crippen LogP contribution is -2.49. The minimum absolute atomic E-state index is 0.0787. The predicted molar refractivity (Wildman–Crippen MR) is 105 cm³/mol. The monoisotopic (exact) mass is 371 g/mol. The number of nitrogens with two attached hydrogens (primary N) is 1. The average Bonchev–Trinajstić information content (AvgIpc) is 2.67. The van der Waals surface area contributed by atoms with Crippen molar-refractivity contribution in [3.05, 3.63) is 65.0 Å². The van der Waals surface area contributed by atoms with Crippen LogP contribution in [-0.4, -0.2) is 23.9 Å². The van der Waals surface area contributed by atoms with Crippen molar-refractivity contribution in [1.29, 1.82) is 0 Å². The fraction of sp³-hybridized carbons (Fsp3) is 0.333.